The van der Waals surface area contributed by atoms with Gasteiger partial charge in [0.05, 0.1) is 13.0 Å². The fraction of sp³-hybridized carbons (Fsp3) is 0.517. The lowest BCUT2D eigenvalue weighted by Gasteiger charge is -2.57. The third-order valence-corrected chi connectivity index (χ3v) is 7.99. The Hall–Kier alpha value is -2.72. The molecular weight excluding hydrogens is 438 g/mol. The number of aliphatic hydroxyl groups excluding tert-OH is 1. The summed E-state index contributed by atoms with van der Waals surface area (Å²) in [6.07, 6.45) is 9.44. The number of carbonyl (C=O) groups excluding carboxylic acids is 1. The SMILES string of the molecule is O=C(Cc1ccncc1)N1CCCCN2[C@@H](CO)[C@H](c3ccc(C#CC4(O)CCCC4)cc3)[C@@H]2C1. The molecule has 2 aliphatic heterocycles. The van der Waals surface area contributed by atoms with E-state index in [1.54, 1.807) is 12.4 Å². The number of aromatic nitrogens is 1. The van der Waals surface area contributed by atoms with E-state index in [4.69, 9.17) is 0 Å². The summed E-state index contributed by atoms with van der Waals surface area (Å²) in [5, 5.41) is 20.7. The first-order chi connectivity index (χ1) is 17.1. The molecule has 0 spiro atoms. The van der Waals surface area contributed by atoms with Crippen LogP contribution in [-0.2, 0) is 11.2 Å². The van der Waals surface area contributed by atoms with E-state index in [1.807, 2.05) is 29.2 Å². The van der Waals surface area contributed by atoms with Crippen molar-refractivity contribution < 1.29 is 15.0 Å². The Morgan fingerprint density at radius 1 is 1.03 bits per heavy atom. The van der Waals surface area contributed by atoms with Gasteiger partial charge in [0.25, 0.3) is 0 Å². The number of amides is 1. The zero-order chi connectivity index (χ0) is 24.3. The van der Waals surface area contributed by atoms with E-state index >= 15 is 0 Å². The van der Waals surface area contributed by atoms with Gasteiger partial charge in [0.2, 0.25) is 5.91 Å². The van der Waals surface area contributed by atoms with E-state index in [9.17, 15) is 15.0 Å². The fourth-order valence-corrected chi connectivity index (χ4v) is 6.02. The average Bonchev–Trinajstić information content (AvgIpc) is 3.30. The molecular formula is C29H35N3O3. The van der Waals surface area contributed by atoms with Crippen LogP contribution in [0.2, 0.25) is 0 Å². The number of hydrogen-bond donors (Lipinski definition) is 2. The molecule has 35 heavy (non-hydrogen) atoms. The van der Waals surface area contributed by atoms with Gasteiger partial charge >= 0.3 is 0 Å². The van der Waals surface area contributed by atoms with Crippen molar-refractivity contribution in [1.82, 2.24) is 14.8 Å². The van der Waals surface area contributed by atoms with Gasteiger partial charge in [-0.05, 0) is 80.5 Å². The Labute approximate surface area is 208 Å². The number of aliphatic hydroxyl groups is 2. The summed E-state index contributed by atoms with van der Waals surface area (Å²) in [5.41, 5.74) is 2.23. The van der Waals surface area contributed by atoms with Crippen LogP contribution in [0.4, 0.5) is 0 Å². The molecule has 1 aromatic carbocycles. The largest absolute Gasteiger partial charge is 0.395 e. The molecule has 1 aliphatic carbocycles. The zero-order valence-corrected chi connectivity index (χ0v) is 20.3. The number of pyridine rings is 1. The van der Waals surface area contributed by atoms with Crippen molar-refractivity contribution in [2.24, 2.45) is 0 Å². The molecule has 3 aliphatic rings. The van der Waals surface area contributed by atoms with Crippen molar-refractivity contribution in [3.63, 3.8) is 0 Å². The van der Waals surface area contributed by atoms with Crippen LogP contribution >= 0.6 is 0 Å². The standard InChI is InChI=1S/C29H35N3O3/c33-21-26-28(24-7-5-22(6-8-24)9-14-29(35)12-1-2-13-29)25-20-31(17-3-4-18-32(25)26)27(34)19-23-10-15-30-16-11-23/h5-8,10-11,15-16,25-26,28,33,35H,1-4,12-13,17-21H2/t25-,26-,28+/m0/s1. The van der Waals surface area contributed by atoms with Crippen LogP contribution in [-0.4, -0.2) is 74.8 Å². The van der Waals surface area contributed by atoms with Gasteiger partial charge in [-0.25, -0.2) is 0 Å². The minimum Gasteiger partial charge on any atom is -0.395 e. The summed E-state index contributed by atoms with van der Waals surface area (Å²) in [4.78, 5) is 21.6. The monoisotopic (exact) mass is 473 g/mol. The van der Waals surface area contributed by atoms with E-state index in [-0.39, 0.29) is 30.5 Å². The maximum atomic E-state index is 13.2. The highest BCUT2D eigenvalue weighted by Gasteiger charge is 2.49. The minimum absolute atomic E-state index is 0.0754. The molecule has 6 heteroatoms. The Balaban J connectivity index is 1.31. The van der Waals surface area contributed by atoms with Gasteiger partial charge in [-0.2, -0.15) is 0 Å². The quantitative estimate of drug-likeness (QED) is 0.668. The van der Waals surface area contributed by atoms with Crippen molar-refractivity contribution in [3.05, 3.63) is 65.5 Å². The lowest BCUT2D eigenvalue weighted by atomic mass is 9.74. The molecule has 6 nitrogen and oxygen atoms in total. The Morgan fingerprint density at radius 3 is 2.46 bits per heavy atom. The van der Waals surface area contributed by atoms with Gasteiger partial charge in [-0.15, -0.1) is 0 Å². The molecule has 1 aromatic heterocycles. The van der Waals surface area contributed by atoms with Gasteiger partial charge in [0.1, 0.15) is 5.60 Å². The first-order valence-corrected chi connectivity index (χ1v) is 13.0. The molecule has 2 N–H and O–H groups in total. The fourth-order valence-electron chi connectivity index (χ4n) is 6.02. The predicted molar refractivity (Wildman–Crippen MR) is 135 cm³/mol. The van der Waals surface area contributed by atoms with Crippen molar-refractivity contribution in [3.8, 4) is 11.8 Å². The van der Waals surface area contributed by atoms with Gasteiger partial charge in [0, 0.05) is 49.0 Å². The van der Waals surface area contributed by atoms with Gasteiger partial charge < -0.3 is 15.1 Å². The van der Waals surface area contributed by atoms with Crippen LogP contribution < -0.4 is 0 Å². The molecule has 2 saturated heterocycles. The number of fused-ring (bicyclic) bond motifs is 1. The molecule has 3 heterocycles. The highest BCUT2D eigenvalue weighted by atomic mass is 16.3. The topological polar surface area (TPSA) is 76.9 Å². The highest BCUT2D eigenvalue weighted by molar-refractivity contribution is 5.78. The molecule has 0 bridgehead atoms. The summed E-state index contributed by atoms with van der Waals surface area (Å²) in [6, 6.07) is 12.3. The van der Waals surface area contributed by atoms with Crippen LogP contribution in [0.3, 0.4) is 0 Å². The Morgan fingerprint density at radius 2 is 1.74 bits per heavy atom. The molecule has 1 saturated carbocycles. The highest BCUT2D eigenvalue weighted by Crippen LogP contribution is 2.42. The Kier molecular flexibility index (Phi) is 7.19. The number of nitrogens with zero attached hydrogens (tertiary/aromatic N) is 3. The third kappa shape index (κ3) is 5.28. The molecule has 3 atom stereocenters. The summed E-state index contributed by atoms with van der Waals surface area (Å²) in [6.45, 7) is 2.53. The van der Waals surface area contributed by atoms with E-state index < -0.39 is 5.60 Å². The molecule has 3 fully saturated rings. The van der Waals surface area contributed by atoms with E-state index in [0.29, 0.717) is 13.0 Å². The summed E-state index contributed by atoms with van der Waals surface area (Å²) in [7, 11) is 0. The van der Waals surface area contributed by atoms with Crippen LogP contribution in [0.15, 0.2) is 48.8 Å². The first-order valence-electron chi connectivity index (χ1n) is 13.0. The van der Waals surface area contributed by atoms with Gasteiger partial charge in [-0.3, -0.25) is 14.7 Å². The molecule has 0 unspecified atom stereocenters. The van der Waals surface area contributed by atoms with E-state index in [0.717, 1.165) is 62.7 Å². The van der Waals surface area contributed by atoms with Crippen molar-refractivity contribution >= 4 is 5.91 Å². The Bertz CT molecular complexity index is 1070. The second-order valence-electron chi connectivity index (χ2n) is 10.3. The van der Waals surface area contributed by atoms with Crippen LogP contribution in [0.25, 0.3) is 0 Å². The predicted octanol–water partition coefficient (Wildman–Crippen LogP) is 2.73. The maximum Gasteiger partial charge on any atom is 0.227 e. The van der Waals surface area contributed by atoms with Crippen LogP contribution in [0.5, 0.6) is 0 Å². The molecule has 5 rings (SSSR count). The van der Waals surface area contributed by atoms with Gasteiger partial charge in [-0.1, -0.05) is 24.0 Å². The molecule has 0 radical (unpaired) electrons. The lowest BCUT2D eigenvalue weighted by molar-refractivity contribution is -0.135. The number of hydrogen-bond acceptors (Lipinski definition) is 5. The summed E-state index contributed by atoms with van der Waals surface area (Å²) in [5.74, 6) is 6.56. The number of benzene rings is 1. The second kappa shape index (κ2) is 10.5. The van der Waals surface area contributed by atoms with Crippen molar-refractivity contribution in [2.75, 3.05) is 26.2 Å². The van der Waals surface area contributed by atoms with Crippen molar-refractivity contribution in [2.45, 2.75) is 68.5 Å². The number of carbonyl (C=O) groups is 1. The molecule has 2 aromatic rings. The molecule has 1 amide bonds. The second-order valence-corrected chi connectivity index (χ2v) is 10.3. The van der Waals surface area contributed by atoms with Crippen LogP contribution in [0, 0.1) is 11.8 Å². The average molecular weight is 474 g/mol. The maximum absolute atomic E-state index is 13.2. The zero-order valence-electron chi connectivity index (χ0n) is 20.3. The summed E-state index contributed by atoms with van der Waals surface area (Å²) >= 11 is 0. The molecule has 184 valence electrons. The minimum atomic E-state index is -0.833. The normalized spacial score (nSPS) is 26.0. The van der Waals surface area contributed by atoms with E-state index in [2.05, 4.69) is 33.9 Å². The third-order valence-electron chi connectivity index (χ3n) is 7.99. The first kappa shape index (κ1) is 24.0. The van der Waals surface area contributed by atoms with Crippen LogP contribution in [0.1, 0.15) is 61.1 Å². The smallest absolute Gasteiger partial charge is 0.227 e. The van der Waals surface area contributed by atoms with Gasteiger partial charge in [0.15, 0.2) is 0 Å². The van der Waals surface area contributed by atoms with Crippen molar-refractivity contribution in [1.29, 1.82) is 0 Å². The number of rotatable bonds is 4. The summed E-state index contributed by atoms with van der Waals surface area (Å²) < 4.78 is 0. The van der Waals surface area contributed by atoms with E-state index in [1.165, 1.54) is 5.56 Å². The lowest BCUT2D eigenvalue weighted by Crippen LogP contribution is -2.68.